The van der Waals surface area contributed by atoms with Crippen molar-refractivity contribution in [2.75, 3.05) is 13.1 Å². The first kappa shape index (κ1) is 16.8. The van der Waals surface area contributed by atoms with Gasteiger partial charge in [-0.1, -0.05) is 17.7 Å². The fourth-order valence-corrected chi connectivity index (χ4v) is 2.91. The number of rotatable bonds is 4. The third kappa shape index (κ3) is 3.87. The second kappa shape index (κ2) is 7.21. The SMILES string of the molecule is O=C(N[C@@H]1CN(Cc2ccc(F)cc2Cl)C[C@H]1O)c1cnccn1. The fourth-order valence-electron chi connectivity index (χ4n) is 2.69. The van der Waals surface area contributed by atoms with Crippen molar-refractivity contribution in [2.24, 2.45) is 0 Å². The van der Waals surface area contributed by atoms with Crippen LogP contribution in [0.25, 0.3) is 0 Å². The van der Waals surface area contributed by atoms with Gasteiger partial charge in [0.25, 0.3) is 5.91 Å². The quantitative estimate of drug-likeness (QED) is 0.867. The highest BCUT2D eigenvalue weighted by Crippen LogP contribution is 2.21. The van der Waals surface area contributed by atoms with Crippen molar-refractivity contribution in [3.63, 3.8) is 0 Å². The molecular weight excluding hydrogens is 335 g/mol. The van der Waals surface area contributed by atoms with Crippen LogP contribution in [0.2, 0.25) is 5.02 Å². The third-order valence-electron chi connectivity index (χ3n) is 3.89. The molecule has 0 aliphatic carbocycles. The molecule has 1 aromatic heterocycles. The number of hydrogen-bond acceptors (Lipinski definition) is 5. The Morgan fingerprint density at radius 1 is 1.42 bits per heavy atom. The van der Waals surface area contributed by atoms with Crippen LogP contribution in [-0.4, -0.2) is 51.1 Å². The normalized spacial score (nSPS) is 21.0. The highest BCUT2D eigenvalue weighted by atomic mass is 35.5. The van der Waals surface area contributed by atoms with Crippen molar-refractivity contribution >= 4 is 17.5 Å². The van der Waals surface area contributed by atoms with Crippen LogP contribution in [0.3, 0.4) is 0 Å². The number of hydrogen-bond donors (Lipinski definition) is 2. The van der Waals surface area contributed by atoms with Gasteiger partial charge in [0.15, 0.2) is 0 Å². The van der Waals surface area contributed by atoms with Crippen molar-refractivity contribution in [1.29, 1.82) is 0 Å². The molecule has 0 radical (unpaired) electrons. The molecule has 2 atom stereocenters. The summed E-state index contributed by atoms with van der Waals surface area (Å²) in [6.07, 6.45) is 3.58. The molecule has 1 saturated heterocycles. The van der Waals surface area contributed by atoms with E-state index in [9.17, 15) is 14.3 Å². The molecule has 0 spiro atoms. The van der Waals surface area contributed by atoms with Crippen LogP contribution in [0.5, 0.6) is 0 Å². The Morgan fingerprint density at radius 2 is 2.25 bits per heavy atom. The molecule has 24 heavy (non-hydrogen) atoms. The highest BCUT2D eigenvalue weighted by molar-refractivity contribution is 6.31. The molecule has 126 valence electrons. The number of likely N-dealkylation sites (tertiary alicyclic amines) is 1. The summed E-state index contributed by atoms with van der Waals surface area (Å²) in [5.74, 6) is -0.770. The monoisotopic (exact) mass is 350 g/mol. The van der Waals surface area contributed by atoms with Crippen molar-refractivity contribution < 1.29 is 14.3 Å². The standard InChI is InChI=1S/C16H16ClFN4O2/c17-12-5-11(18)2-1-10(12)7-22-8-14(15(23)9-22)21-16(24)13-6-19-3-4-20-13/h1-6,14-15,23H,7-9H2,(H,21,24)/t14-,15-/m1/s1. The predicted octanol–water partition coefficient (Wildman–Crippen LogP) is 1.24. The number of nitrogens with one attached hydrogen (secondary N) is 1. The first-order valence-corrected chi connectivity index (χ1v) is 7.82. The number of β-amino-alcohol motifs (C(OH)–C–C–N with tert-alkyl or cyclic N) is 1. The number of carbonyl (C=O) groups excluding carboxylic acids is 1. The Morgan fingerprint density at radius 3 is 2.96 bits per heavy atom. The van der Waals surface area contributed by atoms with Gasteiger partial charge in [0.1, 0.15) is 11.5 Å². The van der Waals surface area contributed by atoms with Gasteiger partial charge in [-0.2, -0.15) is 0 Å². The highest BCUT2D eigenvalue weighted by Gasteiger charge is 2.33. The molecule has 2 N–H and O–H groups in total. The minimum Gasteiger partial charge on any atom is -0.390 e. The van der Waals surface area contributed by atoms with E-state index < -0.39 is 12.1 Å². The molecule has 2 aromatic rings. The van der Waals surface area contributed by atoms with E-state index in [-0.39, 0.29) is 17.4 Å². The van der Waals surface area contributed by atoms with Crippen LogP contribution in [0.15, 0.2) is 36.8 Å². The van der Waals surface area contributed by atoms with Gasteiger partial charge < -0.3 is 10.4 Å². The summed E-state index contributed by atoms with van der Waals surface area (Å²) in [5.41, 5.74) is 0.968. The molecule has 1 aliphatic rings. The summed E-state index contributed by atoms with van der Waals surface area (Å²) < 4.78 is 13.1. The zero-order valence-electron chi connectivity index (χ0n) is 12.7. The molecule has 0 saturated carbocycles. The maximum absolute atomic E-state index is 13.1. The average molecular weight is 351 g/mol. The van der Waals surface area contributed by atoms with Crippen LogP contribution in [0, 0.1) is 5.82 Å². The van der Waals surface area contributed by atoms with Gasteiger partial charge in [0.05, 0.1) is 18.3 Å². The number of halogens is 2. The van der Waals surface area contributed by atoms with Crippen LogP contribution in [-0.2, 0) is 6.54 Å². The molecule has 8 heteroatoms. The van der Waals surface area contributed by atoms with Gasteiger partial charge in [0.2, 0.25) is 0 Å². The van der Waals surface area contributed by atoms with Crippen LogP contribution in [0.1, 0.15) is 16.1 Å². The molecule has 6 nitrogen and oxygen atoms in total. The molecule has 1 fully saturated rings. The number of aromatic nitrogens is 2. The lowest BCUT2D eigenvalue weighted by Crippen LogP contribution is -2.43. The minimum absolute atomic E-state index is 0.199. The van der Waals surface area contributed by atoms with Crippen LogP contribution in [0.4, 0.5) is 4.39 Å². The largest absolute Gasteiger partial charge is 0.390 e. The number of carbonyl (C=O) groups is 1. The Balaban J connectivity index is 1.61. The van der Waals surface area contributed by atoms with Gasteiger partial charge >= 0.3 is 0 Å². The fraction of sp³-hybridized carbons (Fsp3) is 0.312. The Bertz CT molecular complexity index is 731. The number of benzene rings is 1. The molecule has 0 unspecified atom stereocenters. The molecule has 1 aromatic carbocycles. The second-order valence-corrected chi connectivity index (χ2v) is 6.07. The van der Waals surface area contributed by atoms with E-state index in [1.807, 2.05) is 4.90 Å². The summed E-state index contributed by atoms with van der Waals surface area (Å²) in [7, 11) is 0. The van der Waals surface area contributed by atoms with E-state index >= 15 is 0 Å². The Hall–Kier alpha value is -2.09. The minimum atomic E-state index is -0.704. The zero-order chi connectivity index (χ0) is 17.1. The smallest absolute Gasteiger partial charge is 0.271 e. The zero-order valence-corrected chi connectivity index (χ0v) is 13.4. The van der Waals surface area contributed by atoms with E-state index in [4.69, 9.17) is 11.6 Å². The Kier molecular flexibility index (Phi) is 5.03. The summed E-state index contributed by atoms with van der Waals surface area (Å²) in [6.45, 7) is 1.31. The van der Waals surface area contributed by atoms with Crippen LogP contribution >= 0.6 is 11.6 Å². The summed E-state index contributed by atoms with van der Waals surface area (Å²) in [6, 6.07) is 3.81. The average Bonchev–Trinajstić information content (AvgIpc) is 2.90. The maximum atomic E-state index is 13.1. The topological polar surface area (TPSA) is 78.4 Å². The van der Waals surface area contributed by atoms with E-state index in [0.717, 1.165) is 5.56 Å². The lowest BCUT2D eigenvalue weighted by atomic mass is 10.2. The molecular formula is C16H16ClFN4O2. The molecule has 1 aliphatic heterocycles. The van der Waals surface area contributed by atoms with Crippen molar-refractivity contribution in [2.45, 2.75) is 18.7 Å². The van der Waals surface area contributed by atoms with Crippen molar-refractivity contribution in [3.05, 3.63) is 58.9 Å². The molecule has 2 heterocycles. The molecule has 3 rings (SSSR count). The summed E-state index contributed by atoms with van der Waals surface area (Å²) >= 11 is 6.03. The maximum Gasteiger partial charge on any atom is 0.271 e. The van der Waals surface area contributed by atoms with E-state index in [1.165, 1.54) is 30.7 Å². The van der Waals surface area contributed by atoms with Gasteiger partial charge in [-0.15, -0.1) is 0 Å². The number of amides is 1. The second-order valence-electron chi connectivity index (χ2n) is 5.67. The first-order chi connectivity index (χ1) is 11.5. The lowest BCUT2D eigenvalue weighted by molar-refractivity contribution is 0.0883. The van der Waals surface area contributed by atoms with E-state index in [2.05, 4.69) is 15.3 Å². The van der Waals surface area contributed by atoms with Gasteiger partial charge in [-0.3, -0.25) is 14.7 Å². The summed E-state index contributed by atoms with van der Waals surface area (Å²) in [4.78, 5) is 21.8. The van der Waals surface area contributed by atoms with Gasteiger partial charge in [-0.05, 0) is 17.7 Å². The number of aliphatic hydroxyl groups is 1. The van der Waals surface area contributed by atoms with Crippen molar-refractivity contribution in [1.82, 2.24) is 20.2 Å². The Labute approximate surface area is 143 Å². The van der Waals surface area contributed by atoms with Gasteiger partial charge in [0, 0.05) is 37.1 Å². The number of aliphatic hydroxyl groups excluding tert-OH is 1. The predicted molar refractivity (Wildman–Crippen MR) is 86.0 cm³/mol. The van der Waals surface area contributed by atoms with Crippen LogP contribution < -0.4 is 5.32 Å². The summed E-state index contributed by atoms with van der Waals surface area (Å²) in [5, 5.41) is 13.3. The first-order valence-electron chi connectivity index (χ1n) is 7.44. The van der Waals surface area contributed by atoms with Gasteiger partial charge in [-0.25, -0.2) is 9.37 Å². The van der Waals surface area contributed by atoms with E-state index in [1.54, 1.807) is 6.07 Å². The molecule has 1 amide bonds. The lowest BCUT2D eigenvalue weighted by Gasteiger charge is -2.17. The van der Waals surface area contributed by atoms with E-state index in [0.29, 0.717) is 24.7 Å². The third-order valence-corrected chi connectivity index (χ3v) is 4.24. The molecule has 0 bridgehead atoms. The van der Waals surface area contributed by atoms with Crippen molar-refractivity contribution in [3.8, 4) is 0 Å². The number of nitrogens with zero attached hydrogens (tertiary/aromatic N) is 3.